The lowest BCUT2D eigenvalue weighted by atomic mass is 10.1. The van der Waals surface area contributed by atoms with Crippen molar-refractivity contribution >= 4 is 40.8 Å². The molecule has 1 heterocycles. The Bertz CT molecular complexity index is 1200. The maximum Gasteiger partial charge on any atom is 0.277 e. The predicted molar refractivity (Wildman–Crippen MR) is 114 cm³/mol. The minimum atomic E-state index is -0.914. The summed E-state index contributed by atoms with van der Waals surface area (Å²) >= 11 is 0.843. The largest absolute Gasteiger partial charge is 0.382 e. The molecule has 0 atom stereocenters. The Labute approximate surface area is 179 Å². The van der Waals surface area contributed by atoms with Gasteiger partial charge in [-0.15, -0.1) is 0 Å². The van der Waals surface area contributed by atoms with Crippen LogP contribution in [0.25, 0.3) is 0 Å². The second kappa shape index (κ2) is 9.39. The first kappa shape index (κ1) is 22.0. The van der Waals surface area contributed by atoms with E-state index in [0.29, 0.717) is 11.6 Å². The molecule has 1 aromatic heterocycles. The summed E-state index contributed by atoms with van der Waals surface area (Å²) in [5, 5.41) is 4.74. The number of H-pyrrole nitrogens is 1. The van der Waals surface area contributed by atoms with Crippen molar-refractivity contribution in [1.29, 1.82) is 0 Å². The molecular weight excluding hydrogens is 428 g/mol. The molecule has 3 rings (SSSR count). The standard InChI is InChI=1S/C20H17F2N5O3S/c1-10-2-4-11(5-3-10)18(29)25-16-17(23)26-20(27-19(16)30)31-9-15(28)24-14-7-6-12(21)8-13(14)22/h2-8H,9H2,1H3,(H,24,28)(H,25,29)(H3,23,26,27,30). The fraction of sp³-hybridized carbons (Fsp3) is 0.100. The molecule has 0 radical (unpaired) electrons. The number of nitrogen functional groups attached to an aromatic ring is 1. The van der Waals surface area contributed by atoms with Crippen LogP contribution in [0.5, 0.6) is 0 Å². The number of carbonyl (C=O) groups is 2. The lowest BCUT2D eigenvalue weighted by Crippen LogP contribution is -2.23. The quantitative estimate of drug-likeness (QED) is 0.341. The van der Waals surface area contributed by atoms with Crippen LogP contribution in [-0.4, -0.2) is 27.5 Å². The number of hydrogen-bond acceptors (Lipinski definition) is 6. The number of nitrogens with two attached hydrogens (primary N) is 1. The number of rotatable bonds is 6. The smallest absolute Gasteiger partial charge is 0.277 e. The van der Waals surface area contributed by atoms with Crippen molar-refractivity contribution in [2.24, 2.45) is 0 Å². The van der Waals surface area contributed by atoms with Crippen LogP contribution in [-0.2, 0) is 4.79 Å². The van der Waals surface area contributed by atoms with E-state index in [1.807, 2.05) is 6.92 Å². The highest BCUT2D eigenvalue weighted by Crippen LogP contribution is 2.19. The van der Waals surface area contributed by atoms with Gasteiger partial charge in [0.05, 0.1) is 11.4 Å². The minimum absolute atomic E-state index is 0.0329. The number of aromatic amines is 1. The van der Waals surface area contributed by atoms with E-state index in [4.69, 9.17) is 5.73 Å². The molecule has 8 nitrogen and oxygen atoms in total. The molecule has 0 spiro atoms. The Kier molecular flexibility index (Phi) is 6.65. The monoisotopic (exact) mass is 445 g/mol. The Morgan fingerprint density at radius 3 is 2.48 bits per heavy atom. The number of amides is 2. The number of benzene rings is 2. The average Bonchev–Trinajstić information content (AvgIpc) is 2.71. The lowest BCUT2D eigenvalue weighted by molar-refractivity contribution is -0.113. The minimum Gasteiger partial charge on any atom is -0.382 e. The van der Waals surface area contributed by atoms with Crippen molar-refractivity contribution in [3.05, 3.63) is 75.6 Å². The van der Waals surface area contributed by atoms with Crippen molar-refractivity contribution < 1.29 is 18.4 Å². The molecule has 0 aliphatic carbocycles. The van der Waals surface area contributed by atoms with Gasteiger partial charge in [0.2, 0.25) is 5.91 Å². The van der Waals surface area contributed by atoms with Gasteiger partial charge in [-0.25, -0.2) is 13.8 Å². The molecule has 160 valence electrons. The first-order valence-corrected chi connectivity index (χ1v) is 9.87. The van der Waals surface area contributed by atoms with Crippen LogP contribution in [0.2, 0.25) is 0 Å². The molecule has 2 aromatic carbocycles. The van der Waals surface area contributed by atoms with E-state index in [1.165, 1.54) is 0 Å². The SMILES string of the molecule is Cc1ccc(C(=O)Nc2c(N)nc(SCC(=O)Nc3ccc(F)cc3F)[nH]c2=O)cc1. The molecule has 0 saturated carbocycles. The van der Waals surface area contributed by atoms with Crippen LogP contribution in [0.4, 0.5) is 26.0 Å². The first-order valence-electron chi connectivity index (χ1n) is 8.88. The maximum atomic E-state index is 13.6. The van der Waals surface area contributed by atoms with E-state index in [1.54, 1.807) is 24.3 Å². The summed E-state index contributed by atoms with van der Waals surface area (Å²) in [5.41, 5.74) is 6.02. The zero-order chi connectivity index (χ0) is 22.5. The second-order valence-corrected chi connectivity index (χ2v) is 7.38. The Balaban J connectivity index is 1.64. The number of aryl methyl sites for hydroxylation is 1. The van der Waals surface area contributed by atoms with Crippen molar-refractivity contribution in [1.82, 2.24) is 9.97 Å². The van der Waals surface area contributed by atoms with Crippen LogP contribution in [0.1, 0.15) is 15.9 Å². The number of carbonyl (C=O) groups excluding carboxylic acids is 2. The summed E-state index contributed by atoms with van der Waals surface area (Å²) in [6.07, 6.45) is 0. The summed E-state index contributed by atoms with van der Waals surface area (Å²) in [5.74, 6) is -3.27. The Morgan fingerprint density at radius 1 is 1.13 bits per heavy atom. The molecule has 0 aliphatic heterocycles. The van der Waals surface area contributed by atoms with E-state index in [2.05, 4.69) is 20.6 Å². The van der Waals surface area contributed by atoms with Gasteiger partial charge >= 0.3 is 0 Å². The van der Waals surface area contributed by atoms with Gasteiger partial charge in [0, 0.05) is 11.6 Å². The number of halogens is 2. The number of hydrogen-bond donors (Lipinski definition) is 4. The van der Waals surface area contributed by atoms with Crippen LogP contribution in [0, 0.1) is 18.6 Å². The first-order chi connectivity index (χ1) is 14.7. The summed E-state index contributed by atoms with van der Waals surface area (Å²) in [6, 6.07) is 9.47. The van der Waals surface area contributed by atoms with Gasteiger partial charge < -0.3 is 16.4 Å². The predicted octanol–water partition coefficient (Wildman–Crippen LogP) is 2.92. The van der Waals surface area contributed by atoms with Gasteiger partial charge in [-0.3, -0.25) is 19.4 Å². The molecule has 3 aromatic rings. The molecule has 5 N–H and O–H groups in total. The fourth-order valence-corrected chi connectivity index (χ4v) is 3.13. The molecule has 31 heavy (non-hydrogen) atoms. The van der Waals surface area contributed by atoms with E-state index in [0.717, 1.165) is 29.5 Å². The molecule has 0 bridgehead atoms. The number of aromatic nitrogens is 2. The summed E-state index contributed by atoms with van der Waals surface area (Å²) in [6.45, 7) is 1.88. The highest BCUT2D eigenvalue weighted by atomic mass is 32.2. The molecule has 0 saturated heterocycles. The molecule has 0 fully saturated rings. The normalized spacial score (nSPS) is 10.5. The second-order valence-electron chi connectivity index (χ2n) is 6.41. The fourth-order valence-electron chi connectivity index (χ4n) is 2.46. The number of nitrogens with one attached hydrogen (secondary N) is 3. The molecule has 2 amide bonds. The molecule has 0 aliphatic rings. The van der Waals surface area contributed by atoms with Crippen molar-refractivity contribution in [2.45, 2.75) is 12.1 Å². The summed E-state index contributed by atoms with van der Waals surface area (Å²) < 4.78 is 26.5. The summed E-state index contributed by atoms with van der Waals surface area (Å²) in [7, 11) is 0. The van der Waals surface area contributed by atoms with Crippen LogP contribution in [0.15, 0.2) is 52.4 Å². The topological polar surface area (TPSA) is 130 Å². The van der Waals surface area contributed by atoms with Gasteiger partial charge in [-0.1, -0.05) is 29.5 Å². The van der Waals surface area contributed by atoms with E-state index in [-0.39, 0.29) is 28.1 Å². The van der Waals surface area contributed by atoms with Crippen LogP contribution >= 0.6 is 11.8 Å². The molecular formula is C20H17F2N5O3S. The Morgan fingerprint density at radius 2 is 1.84 bits per heavy atom. The third-order valence-electron chi connectivity index (χ3n) is 4.02. The number of nitrogens with zero attached hydrogens (tertiary/aromatic N) is 1. The van der Waals surface area contributed by atoms with Gasteiger partial charge in [-0.2, -0.15) is 0 Å². The van der Waals surface area contributed by atoms with Gasteiger partial charge in [0.1, 0.15) is 17.3 Å². The van der Waals surface area contributed by atoms with Crippen molar-refractivity contribution in [2.75, 3.05) is 22.1 Å². The van der Waals surface area contributed by atoms with Crippen LogP contribution < -0.4 is 21.9 Å². The maximum absolute atomic E-state index is 13.6. The zero-order valence-corrected chi connectivity index (χ0v) is 17.0. The van der Waals surface area contributed by atoms with E-state index < -0.39 is 29.0 Å². The molecule has 0 unspecified atom stereocenters. The third kappa shape index (κ3) is 5.66. The van der Waals surface area contributed by atoms with E-state index in [9.17, 15) is 23.2 Å². The van der Waals surface area contributed by atoms with Gasteiger partial charge in [0.15, 0.2) is 11.0 Å². The molecule has 11 heteroatoms. The number of thioether (sulfide) groups is 1. The third-order valence-corrected chi connectivity index (χ3v) is 4.90. The Hall–Kier alpha value is -3.73. The summed E-state index contributed by atoms with van der Waals surface area (Å²) in [4.78, 5) is 43.0. The lowest BCUT2D eigenvalue weighted by Gasteiger charge is -2.09. The van der Waals surface area contributed by atoms with Gasteiger partial charge in [-0.05, 0) is 31.2 Å². The van der Waals surface area contributed by atoms with E-state index >= 15 is 0 Å². The van der Waals surface area contributed by atoms with Crippen molar-refractivity contribution in [3.8, 4) is 0 Å². The van der Waals surface area contributed by atoms with Crippen molar-refractivity contribution in [3.63, 3.8) is 0 Å². The highest BCUT2D eigenvalue weighted by molar-refractivity contribution is 7.99. The highest BCUT2D eigenvalue weighted by Gasteiger charge is 2.15. The van der Waals surface area contributed by atoms with Gasteiger partial charge in [0.25, 0.3) is 11.5 Å². The average molecular weight is 445 g/mol. The van der Waals surface area contributed by atoms with Crippen LogP contribution in [0.3, 0.4) is 0 Å². The zero-order valence-electron chi connectivity index (χ0n) is 16.2. The number of anilines is 3.